The van der Waals surface area contributed by atoms with Crippen molar-refractivity contribution >= 4 is 32.9 Å². The van der Waals surface area contributed by atoms with Gasteiger partial charge in [0.1, 0.15) is 5.39 Å². The van der Waals surface area contributed by atoms with Crippen molar-refractivity contribution in [1.29, 1.82) is 0 Å². The molecule has 2 heterocycles. The van der Waals surface area contributed by atoms with E-state index < -0.39 is 21.5 Å². The number of nitrogens with zero attached hydrogens (tertiary/aromatic N) is 4. The molecule has 20 heavy (non-hydrogen) atoms. The fourth-order valence-electron chi connectivity index (χ4n) is 1.30. The van der Waals surface area contributed by atoms with Gasteiger partial charge in [-0.2, -0.15) is 21.6 Å². The summed E-state index contributed by atoms with van der Waals surface area (Å²) >= 11 is 1.22. The second-order valence-electron chi connectivity index (χ2n) is 3.51. The van der Waals surface area contributed by atoms with E-state index in [0.717, 1.165) is 10.9 Å². The molecule has 0 radical (unpaired) electrons. The summed E-state index contributed by atoms with van der Waals surface area (Å²) < 4.78 is 63.8. The quantitative estimate of drug-likeness (QED) is 0.363. The number of thioether (sulfide) groups is 1. The van der Waals surface area contributed by atoms with E-state index in [4.69, 9.17) is 0 Å². The highest BCUT2D eigenvalue weighted by Crippen LogP contribution is 2.30. The second-order valence-corrected chi connectivity index (χ2v) is 5.82. The third-order valence-electron chi connectivity index (χ3n) is 2.18. The molecular weight excluding hydrogens is 321 g/mol. The molecule has 0 aliphatic carbocycles. The van der Waals surface area contributed by atoms with Gasteiger partial charge in [-0.3, -0.25) is 0 Å². The summed E-state index contributed by atoms with van der Waals surface area (Å²) in [6.45, 7) is 0. The summed E-state index contributed by atoms with van der Waals surface area (Å²) in [6.07, 6.45) is 2.87. The summed E-state index contributed by atoms with van der Waals surface area (Å²) in [5, 5.41) is 3.90. The summed E-state index contributed by atoms with van der Waals surface area (Å²) in [5.41, 5.74) is -5.37. The zero-order valence-electron chi connectivity index (χ0n) is 10.0. The van der Waals surface area contributed by atoms with Gasteiger partial charge >= 0.3 is 15.6 Å². The Labute approximate surface area is 115 Å². The van der Waals surface area contributed by atoms with Crippen LogP contribution in [0.1, 0.15) is 0 Å². The minimum atomic E-state index is -5.78. The zero-order valence-corrected chi connectivity index (χ0v) is 11.7. The fourth-order valence-corrected chi connectivity index (χ4v) is 2.06. The van der Waals surface area contributed by atoms with Gasteiger partial charge in [0.05, 0.1) is 0 Å². The van der Waals surface area contributed by atoms with Crippen LogP contribution in [0, 0.1) is 0 Å². The van der Waals surface area contributed by atoms with E-state index in [9.17, 15) is 21.6 Å². The molecule has 0 unspecified atom stereocenters. The number of alkyl halides is 3. The van der Waals surface area contributed by atoms with E-state index in [1.54, 1.807) is 6.26 Å². The summed E-state index contributed by atoms with van der Waals surface area (Å²) in [4.78, 5) is 7.84. The standard InChI is InChI=1S/C8H7F3N4O3S2/c1-15-5-4(3-12-7(13-5)19-2)6(14-15)18-20(16,17)8(9,10)11/h3H,1-2H3. The highest BCUT2D eigenvalue weighted by atomic mass is 32.2. The molecule has 12 heteroatoms. The number of halogens is 3. The Morgan fingerprint density at radius 3 is 2.60 bits per heavy atom. The maximum Gasteiger partial charge on any atom is 0.534 e. The van der Waals surface area contributed by atoms with Crippen molar-refractivity contribution in [2.45, 2.75) is 10.7 Å². The summed E-state index contributed by atoms with van der Waals surface area (Å²) in [6, 6.07) is 0. The zero-order chi connectivity index (χ0) is 15.1. The molecule has 7 nitrogen and oxygen atoms in total. The minimum Gasteiger partial charge on any atom is -0.353 e. The van der Waals surface area contributed by atoms with Gasteiger partial charge in [-0.05, 0) is 6.26 Å². The number of hydrogen-bond donors (Lipinski definition) is 0. The van der Waals surface area contributed by atoms with Crippen molar-refractivity contribution in [3.8, 4) is 5.88 Å². The molecule has 0 aliphatic heterocycles. The SMILES string of the molecule is CSc1ncc2c(OS(=O)(=O)C(F)(F)F)nn(C)c2n1. The van der Waals surface area contributed by atoms with Gasteiger partial charge in [-0.1, -0.05) is 11.8 Å². The maximum absolute atomic E-state index is 12.3. The molecule has 0 saturated carbocycles. The maximum atomic E-state index is 12.3. The number of fused-ring (bicyclic) bond motifs is 1. The van der Waals surface area contributed by atoms with Crippen LogP contribution >= 0.6 is 11.8 Å². The normalized spacial score (nSPS) is 12.8. The third kappa shape index (κ3) is 2.52. The van der Waals surface area contributed by atoms with Crippen LogP contribution in [-0.4, -0.2) is 39.9 Å². The average molecular weight is 328 g/mol. The van der Waals surface area contributed by atoms with E-state index in [1.165, 1.54) is 18.8 Å². The van der Waals surface area contributed by atoms with Crippen LogP contribution in [0.25, 0.3) is 11.0 Å². The van der Waals surface area contributed by atoms with Crippen molar-refractivity contribution in [3.63, 3.8) is 0 Å². The number of hydrogen-bond acceptors (Lipinski definition) is 7. The van der Waals surface area contributed by atoms with Crippen LogP contribution in [0.15, 0.2) is 11.4 Å². The van der Waals surface area contributed by atoms with E-state index in [1.807, 2.05) is 0 Å². The topological polar surface area (TPSA) is 87.0 Å². The molecule has 0 spiro atoms. The predicted molar refractivity (Wildman–Crippen MR) is 63.7 cm³/mol. The van der Waals surface area contributed by atoms with E-state index in [0.29, 0.717) is 5.16 Å². The first kappa shape index (κ1) is 14.8. The lowest BCUT2D eigenvalue weighted by Gasteiger charge is -2.06. The Bertz CT molecular complexity index is 756. The van der Waals surface area contributed by atoms with Crippen LogP contribution in [-0.2, 0) is 17.2 Å². The molecule has 2 aromatic rings. The van der Waals surface area contributed by atoms with Crippen LogP contribution in [0.2, 0.25) is 0 Å². The van der Waals surface area contributed by atoms with Gasteiger partial charge in [0, 0.05) is 13.2 Å². The Hall–Kier alpha value is -1.56. The van der Waals surface area contributed by atoms with Gasteiger partial charge < -0.3 is 4.18 Å². The van der Waals surface area contributed by atoms with E-state index in [-0.39, 0.29) is 11.0 Å². The molecule has 0 aromatic carbocycles. The van der Waals surface area contributed by atoms with Crippen LogP contribution in [0.4, 0.5) is 13.2 Å². The third-order valence-corrected chi connectivity index (χ3v) is 3.69. The molecule has 2 aromatic heterocycles. The second kappa shape index (κ2) is 4.77. The van der Waals surface area contributed by atoms with E-state index in [2.05, 4.69) is 19.2 Å². The minimum absolute atomic E-state index is 0.0295. The molecule has 0 atom stereocenters. The van der Waals surface area contributed by atoms with Crippen LogP contribution < -0.4 is 4.18 Å². The summed E-state index contributed by atoms with van der Waals surface area (Å²) in [5.74, 6) is -0.715. The van der Waals surface area contributed by atoms with Crippen molar-refractivity contribution in [2.75, 3.05) is 6.26 Å². The Morgan fingerprint density at radius 1 is 1.40 bits per heavy atom. The number of aromatic nitrogens is 4. The van der Waals surface area contributed by atoms with Gasteiger partial charge in [-0.25, -0.2) is 14.6 Å². The van der Waals surface area contributed by atoms with Crippen LogP contribution in [0.5, 0.6) is 5.88 Å². The average Bonchev–Trinajstić information content (AvgIpc) is 2.64. The molecule has 2 rings (SSSR count). The van der Waals surface area contributed by atoms with Crippen molar-refractivity contribution in [3.05, 3.63) is 6.20 Å². The molecular formula is C8H7F3N4O3S2. The predicted octanol–water partition coefficient (Wildman–Crippen LogP) is 1.31. The first-order valence-electron chi connectivity index (χ1n) is 4.90. The number of rotatable bonds is 3. The van der Waals surface area contributed by atoms with Crippen molar-refractivity contribution in [2.24, 2.45) is 7.05 Å². The molecule has 0 fully saturated rings. The highest BCUT2D eigenvalue weighted by molar-refractivity contribution is 7.98. The monoisotopic (exact) mass is 328 g/mol. The lowest BCUT2D eigenvalue weighted by atomic mass is 10.4. The van der Waals surface area contributed by atoms with Crippen molar-refractivity contribution in [1.82, 2.24) is 19.7 Å². The van der Waals surface area contributed by atoms with Gasteiger partial charge in [0.15, 0.2) is 10.8 Å². The Balaban J connectivity index is 2.52. The first-order chi connectivity index (χ1) is 9.15. The van der Waals surface area contributed by atoms with Crippen molar-refractivity contribution < 1.29 is 25.8 Å². The largest absolute Gasteiger partial charge is 0.534 e. The van der Waals surface area contributed by atoms with Crippen LogP contribution in [0.3, 0.4) is 0 Å². The molecule has 110 valence electrons. The van der Waals surface area contributed by atoms with Gasteiger partial charge in [-0.15, -0.1) is 5.10 Å². The molecule has 0 N–H and O–H groups in total. The Kier molecular flexibility index (Phi) is 3.54. The first-order valence-corrected chi connectivity index (χ1v) is 7.53. The molecule has 0 amide bonds. The van der Waals surface area contributed by atoms with Gasteiger partial charge in [0.25, 0.3) is 5.88 Å². The Morgan fingerprint density at radius 2 is 2.05 bits per heavy atom. The lowest BCUT2D eigenvalue weighted by molar-refractivity contribution is -0.0501. The highest BCUT2D eigenvalue weighted by Gasteiger charge is 2.49. The summed E-state index contributed by atoms with van der Waals surface area (Å²) in [7, 11) is -4.39. The van der Waals surface area contributed by atoms with Gasteiger partial charge in [0.2, 0.25) is 0 Å². The van der Waals surface area contributed by atoms with E-state index >= 15 is 0 Å². The lowest BCUT2D eigenvalue weighted by Crippen LogP contribution is -2.28. The molecule has 0 saturated heterocycles. The fraction of sp³-hybridized carbons (Fsp3) is 0.375. The smallest absolute Gasteiger partial charge is 0.353 e. The molecule has 0 aliphatic rings. The number of aryl methyl sites for hydroxylation is 1. The molecule has 0 bridgehead atoms.